The van der Waals surface area contributed by atoms with Crippen LogP contribution in [0.2, 0.25) is 0 Å². The number of thiophene rings is 1. The molecule has 0 unspecified atom stereocenters. The number of hydrogen-bond donors (Lipinski definition) is 3. The molecule has 2 aromatic heterocycles. The molecule has 0 aliphatic carbocycles. The Hall–Kier alpha value is -2.78. The molecule has 5 N–H and O–H groups in total. The normalized spacial score (nSPS) is 12.3. The van der Waals surface area contributed by atoms with Crippen LogP contribution in [0.25, 0.3) is 10.1 Å². The number of hydrazine groups is 1. The highest BCUT2D eigenvalue weighted by Crippen LogP contribution is 2.26. The molecule has 0 spiro atoms. The van der Waals surface area contributed by atoms with Crippen molar-refractivity contribution in [3.8, 4) is 0 Å². The molecule has 138 valence electrons. The molecule has 2 rings (SSSR count). The maximum Gasteiger partial charge on any atom is 0.167 e. The number of anilines is 1. The predicted molar refractivity (Wildman–Crippen MR) is 104 cm³/mol. The van der Waals surface area contributed by atoms with Crippen molar-refractivity contribution >= 4 is 45.6 Å². The number of unbranched alkanes of at least 4 members (excludes halogenated alkanes) is 1. The minimum absolute atomic E-state index is 0.0425. The number of fused-ring (bicyclic) bond motifs is 1. The summed E-state index contributed by atoms with van der Waals surface area (Å²) in [6.45, 7) is 0.593. The number of carbonyl (C=O) groups is 2. The van der Waals surface area contributed by atoms with Gasteiger partial charge in [-0.2, -0.15) is 0 Å². The van der Waals surface area contributed by atoms with E-state index >= 15 is 0 Å². The highest BCUT2D eigenvalue weighted by atomic mass is 32.1. The summed E-state index contributed by atoms with van der Waals surface area (Å²) in [7, 11) is 1.83. The van der Waals surface area contributed by atoms with E-state index in [0.717, 1.165) is 21.2 Å². The van der Waals surface area contributed by atoms with E-state index in [1.54, 1.807) is 22.5 Å². The molecule has 0 saturated heterocycles. The number of nitrogens with zero attached hydrogens (tertiary/aromatic N) is 3. The number of aromatic nitrogens is 1. The highest BCUT2D eigenvalue weighted by molar-refractivity contribution is 7.19. The molecule has 0 fully saturated rings. The molecule has 2 aromatic rings. The van der Waals surface area contributed by atoms with Gasteiger partial charge in [-0.15, -0.1) is 11.3 Å². The average molecular weight is 374 g/mol. The summed E-state index contributed by atoms with van der Waals surface area (Å²) in [5.41, 5.74) is 14.5. The Bertz CT molecular complexity index is 830. The zero-order chi connectivity index (χ0) is 18.9. The van der Waals surface area contributed by atoms with Gasteiger partial charge in [0.1, 0.15) is 17.9 Å². The summed E-state index contributed by atoms with van der Waals surface area (Å²) in [6.07, 6.45) is 6.18. The average Bonchev–Trinajstić information content (AvgIpc) is 3.04. The zero-order valence-corrected chi connectivity index (χ0v) is 15.3. The number of aliphatic imine (C=N–C) groups is 1. The van der Waals surface area contributed by atoms with Crippen molar-refractivity contribution in [2.45, 2.75) is 25.8 Å². The van der Waals surface area contributed by atoms with Gasteiger partial charge in [0.2, 0.25) is 0 Å². The number of nitrogens with two attached hydrogens (primary N) is 2. The Labute approximate surface area is 155 Å². The van der Waals surface area contributed by atoms with Gasteiger partial charge in [-0.05, 0) is 18.6 Å². The molecule has 0 aliphatic rings. The third-order valence-corrected chi connectivity index (χ3v) is 4.67. The maximum absolute atomic E-state index is 10.6. The van der Waals surface area contributed by atoms with Crippen LogP contribution in [-0.4, -0.2) is 35.4 Å². The summed E-state index contributed by atoms with van der Waals surface area (Å²) in [4.78, 5) is 30.6. The van der Waals surface area contributed by atoms with E-state index in [-0.39, 0.29) is 5.70 Å². The van der Waals surface area contributed by atoms with Crippen LogP contribution in [0.3, 0.4) is 0 Å². The van der Waals surface area contributed by atoms with Crippen LogP contribution in [0.5, 0.6) is 0 Å². The number of rotatable bonds is 9. The fraction of sp³-hybridized carbons (Fsp3) is 0.294. The molecule has 0 aromatic carbocycles. The second-order valence-corrected chi connectivity index (χ2v) is 6.77. The van der Waals surface area contributed by atoms with E-state index in [0.29, 0.717) is 43.7 Å². The number of amidine groups is 1. The lowest BCUT2D eigenvalue weighted by molar-refractivity contribution is -0.108. The number of nitrogens with one attached hydrogen (secondary N) is 1. The van der Waals surface area contributed by atoms with Crippen LogP contribution in [0, 0.1) is 0 Å². The first-order valence-electron chi connectivity index (χ1n) is 8.05. The lowest BCUT2D eigenvalue weighted by Gasteiger charge is -2.21. The molecule has 0 aliphatic heterocycles. The van der Waals surface area contributed by atoms with E-state index in [1.165, 1.54) is 6.20 Å². The molecule has 0 amide bonds. The van der Waals surface area contributed by atoms with Crippen molar-refractivity contribution in [2.24, 2.45) is 10.7 Å². The van der Waals surface area contributed by atoms with Crippen LogP contribution >= 0.6 is 11.3 Å². The second kappa shape index (κ2) is 9.64. The third-order valence-electron chi connectivity index (χ3n) is 3.57. The molecular weight excluding hydrogens is 352 g/mol. The van der Waals surface area contributed by atoms with E-state index in [4.69, 9.17) is 11.5 Å². The van der Waals surface area contributed by atoms with Crippen LogP contribution in [-0.2, 0) is 16.1 Å². The van der Waals surface area contributed by atoms with E-state index in [2.05, 4.69) is 21.5 Å². The highest BCUT2D eigenvalue weighted by Gasteiger charge is 2.08. The summed E-state index contributed by atoms with van der Waals surface area (Å²) >= 11 is 1.63. The lowest BCUT2D eigenvalue weighted by Crippen LogP contribution is -2.38. The Morgan fingerprint density at radius 2 is 2.23 bits per heavy atom. The van der Waals surface area contributed by atoms with Crippen LogP contribution in [0.4, 0.5) is 5.82 Å². The fourth-order valence-electron chi connectivity index (χ4n) is 2.22. The van der Waals surface area contributed by atoms with Crippen molar-refractivity contribution in [2.75, 3.05) is 12.8 Å². The van der Waals surface area contributed by atoms with Gasteiger partial charge in [0.05, 0.1) is 11.9 Å². The van der Waals surface area contributed by atoms with Crippen molar-refractivity contribution in [1.29, 1.82) is 0 Å². The van der Waals surface area contributed by atoms with Gasteiger partial charge in [0.25, 0.3) is 0 Å². The number of aldehydes is 2. The van der Waals surface area contributed by atoms with Crippen molar-refractivity contribution in [1.82, 2.24) is 15.4 Å². The smallest absolute Gasteiger partial charge is 0.167 e. The fourth-order valence-corrected chi connectivity index (χ4v) is 3.23. The molecule has 9 heteroatoms. The summed E-state index contributed by atoms with van der Waals surface area (Å²) < 4.78 is 1.08. The monoisotopic (exact) mass is 374 g/mol. The SMILES string of the molecule is CN(NCc1cc2cnc(N)cc2s1)C(CCCC=O)=N/C=C(/N)C=O. The first kappa shape index (κ1) is 19.5. The maximum atomic E-state index is 10.6. The number of pyridine rings is 1. The Morgan fingerprint density at radius 1 is 1.42 bits per heavy atom. The zero-order valence-electron chi connectivity index (χ0n) is 14.5. The van der Waals surface area contributed by atoms with Gasteiger partial charge in [0, 0.05) is 47.6 Å². The molecule has 8 nitrogen and oxygen atoms in total. The van der Waals surface area contributed by atoms with Gasteiger partial charge < -0.3 is 16.3 Å². The number of hydrogen-bond acceptors (Lipinski definition) is 8. The standard InChI is InChI=1S/C17H22N6O2S/c1-23(17(4-2-3-5-24)21-9-13(18)11-25)22-10-14-6-12-8-20-16(19)7-15(12)26-14/h5-9,11,22H,2-4,10,18H2,1H3,(H2,19,20)/b13-9+,21-17?. The minimum atomic E-state index is 0.0425. The molecular formula is C17H22N6O2S. The van der Waals surface area contributed by atoms with Crippen molar-refractivity contribution in [3.05, 3.63) is 35.1 Å². The first-order valence-corrected chi connectivity index (χ1v) is 8.87. The molecule has 26 heavy (non-hydrogen) atoms. The minimum Gasteiger partial charge on any atom is -0.395 e. The predicted octanol–water partition coefficient (Wildman–Crippen LogP) is 1.58. The molecule has 2 heterocycles. The Kier molecular flexibility index (Phi) is 7.24. The van der Waals surface area contributed by atoms with Gasteiger partial charge >= 0.3 is 0 Å². The number of allylic oxidation sites excluding steroid dienone is 1. The van der Waals surface area contributed by atoms with Crippen LogP contribution in [0.15, 0.2) is 35.2 Å². The van der Waals surface area contributed by atoms with E-state index in [1.807, 2.05) is 13.1 Å². The van der Waals surface area contributed by atoms with Gasteiger partial charge in [-0.3, -0.25) is 9.80 Å². The summed E-state index contributed by atoms with van der Waals surface area (Å²) in [5.74, 6) is 1.18. The van der Waals surface area contributed by atoms with Crippen LogP contribution < -0.4 is 16.9 Å². The Balaban J connectivity index is 2.05. The van der Waals surface area contributed by atoms with Crippen molar-refractivity contribution < 1.29 is 9.59 Å². The Morgan fingerprint density at radius 3 is 2.96 bits per heavy atom. The topological polar surface area (TPSA) is 127 Å². The molecule has 0 radical (unpaired) electrons. The first-order chi connectivity index (χ1) is 12.5. The number of nitrogen functional groups attached to an aromatic ring is 1. The largest absolute Gasteiger partial charge is 0.395 e. The summed E-state index contributed by atoms with van der Waals surface area (Å²) in [6, 6.07) is 3.91. The molecule has 0 saturated carbocycles. The van der Waals surface area contributed by atoms with Crippen molar-refractivity contribution in [3.63, 3.8) is 0 Å². The van der Waals surface area contributed by atoms with Gasteiger partial charge in [-0.25, -0.2) is 15.4 Å². The van der Waals surface area contributed by atoms with E-state index in [9.17, 15) is 9.59 Å². The van der Waals surface area contributed by atoms with Gasteiger partial charge in [-0.1, -0.05) is 0 Å². The summed E-state index contributed by atoms with van der Waals surface area (Å²) in [5, 5.41) is 2.82. The number of carbonyl (C=O) groups excluding carboxylic acids is 2. The third kappa shape index (κ3) is 5.64. The molecule has 0 atom stereocenters. The van der Waals surface area contributed by atoms with Gasteiger partial charge in [0.15, 0.2) is 6.29 Å². The van der Waals surface area contributed by atoms with Crippen LogP contribution in [0.1, 0.15) is 24.1 Å². The second-order valence-electron chi connectivity index (χ2n) is 5.60. The quantitative estimate of drug-likeness (QED) is 0.152. The van der Waals surface area contributed by atoms with E-state index < -0.39 is 0 Å². The lowest BCUT2D eigenvalue weighted by atomic mass is 10.2. The molecule has 0 bridgehead atoms.